The summed E-state index contributed by atoms with van der Waals surface area (Å²) >= 11 is 0. The molecule has 0 atom stereocenters. The molecule has 0 fully saturated rings. The van der Waals surface area contributed by atoms with Crippen LogP contribution in [0.4, 0.5) is 5.69 Å². The lowest BCUT2D eigenvalue weighted by Crippen LogP contribution is -2.14. The van der Waals surface area contributed by atoms with Gasteiger partial charge in [0.05, 0.1) is 17.1 Å². The van der Waals surface area contributed by atoms with Crippen LogP contribution in [0, 0.1) is 17.0 Å². The summed E-state index contributed by atoms with van der Waals surface area (Å²) in [6, 6.07) is 17.7. The number of nitrogens with zero attached hydrogens (tertiary/aromatic N) is 1. The molecule has 8 heteroatoms. The number of hydrogen-bond donors (Lipinski definition) is 0. The van der Waals surface area contributed by atoms with Crippen LogP contribution in [0.1, 0.15) is 38.8 Å². The number of nitro benzene ring substituents is 1. The molecule has 0 amide bonds. The molecular formula is C25H23NO7. The predicted octanol–water partition coefficient (Wildman–Crippen LogP) is 4.92. The van der Waals surface area contributed by atoms with Crippen LogP contribution in [0.2, 0.25) is 0 Å². The van der Waals surface area contributed by atoms with Gasteiger partial charge in [-0.25, -0.2) is 4.79 Å². The molecule has 0 bridgehead atoms. The van der Waals surface area contributed by atoms with E-state index in [1.165, 1.54) is 36.4 Å². The maximum absolute atomic E-state index is 12.4. The van der Waals surface area contributed by atoms with Crippen LogP contribution in [0.15, 0.2) is 66.7 Å². The first-order valence-corrected chi connectivity index (χ1v) is 10.3. The van der Waals surface area contributed by atoms with Gasteiger partial charge in [0.2, 0.25) is 0 Å². The predicted molar refractivity (Wildman–Crippen MR) is 121 cm³/mol. The molecule has 0 spiro atoms. The van der Waals surface area contributed by atoms with Crippen LogP contribution >= 0.6 is 0 Å². The summed E-state index contributed by atoms with van der Waals surface area (Å²) < 4.78 is 16.6. The number of non-ortho nitro benzene ring substituents is 1. The van der Waals surface area contributed by atoms with Crippen LogP contribution < -0.4 is 9.47 Å². The molecule has 8 nitrogen and oxygen atoms in total. The molecule has 0 aliphatic heterocycles. The highest BCUT2D eigenvalue weighted by molar-refractivity contribution is 5.99. The van der Waals surface area contributed by atoms with E-state index in [0.29, 0.717) is 24.7 Å². The highest BCUT2D eigenvalue weighted by atomic mass is 16.6. The van der Waals surface area contributed by atoms with Gasteiger partial charge in [-0.05, 0) is 49.7 Å². The number of hydrogen-bond acceptors (Lipinski definition) is 7. The van der Waals surface area contributed by atoms with Crippen LogP contribution in [0.25, 0.3) is 0 Å². The Kier molecular flexibility index (Phi) is 7.75. The molecular weight excluding hydrogens is 426 g/mol. The number of ether oxygens (including phenoxy) is 3. The van der Waals surface area contributed by atoms with Gasteiger partial charge in [-0.3, -0.25) is 14.9 Å². The molecule has 33 heavy (non-hydrogen) atoms. The number of carbonyl (C=O) groups excluding carboxylic acids is 2. The molecule has 0 aromatic heterocycles. The average Bonchev–Trinajstić information content (AvgIpc) is 2.82. The van der Waals surface area contributed by atoms with Crippen LogP contribution in [-0.2, 0) is 11.3 Å². The Morgan fingerprint density at radius 3 is 2.18 bits per heavy atom. The van der Waals surface area contributed by atoms with E-state index in [9.17, 15) is 19.7 Å². The van der Waals surface area contributed by atoms with Gasteiger partial charge in [0.1, 0.15) is 6.61 Å². The molecule has 0 aliphatic rings. The molecule has 3 rings (SSSR count). The zero-order valence-electron chi connectivity index (χ0n) is 18.3. The largest absolute Gasteiger partial charge is 0.490 e. The van der Waals surface area contributed by atoms with Crippen molar-refractivity contribution in [1.82, 2.24) is 0 Å². The molecule has 0 aliphatic carbocycles. The minimum atomic E-state index is -0.698. The third-order valence-corrected chi connectivity index (χ3v) is 4.73. The Morgan fingerprint density at radius 1 is 0.879 bits per heavy atom. The summed E-state index contributed by atoms with van der Waals surface area (Å²) in [5, 5.41) is 10.7. The van der Waals surface area contributed by atoms with Crippen molar-refractivity contribution in [3.8, 4) is 11.5 Å². The first kappa shape index (κ1) is 23.5. The smallest absolute Gasteiger partial charge is 0.338 e. The Hall–Kier alpha value is -4.20. The molecule has 170 valence electrons. The normalized spacial score (nSPS) is 10.4. The van der Waals surface area contributed by atoms with Gasteiger partial charge in [0.15, 0.2) is 23.9 Å². The third kappa shape index (κ3) is 6.39. The van der Waals surface area contributed by atoms with Crippen LogP contribution in [0.3, 0.4) is 0 Å². The fourth-order valence-electron chi connectivity index (χ4n) is 2.93. The Balaban J connectivity index is 1.63. The van der Waals surface area contributed by atoms with Crippen molar-refractivity contribution in [2.75, 3.05) is 13.2 Å². The minimum Gasteiger partial charge on any atom is -0.490 e. The highest BCUT2D eigenvalue weighted by Crippen LogP contribution is 2.29. The van der Waals surface area contributed by atoms with E-state index in [-0.39, 0.29) is 16.8 Å². The number of benzene rings is 3. The van der Waals surface area contributed by atoms with Crippen molar-refractivity contribution in [2.45, 2.75) is 20.5 Å². The molecule has 0 heterocycles. The molecule has 0 N–H and O–H groups in total. The van der Waals surface area contributed by atoms with Crippen molar-refractivity contribution in [1.29, 1.82) is 0 Å². The van der Waals surface area contributed by atoms with Crippen LogP contribution in [0.5, 0.6) is 11.5 Å². The lowest BCUT2D eigenvalue weighted by Gasteiger charge is -2.13. The summed E-state index contributed by atoms with van der Waals surface area (Å²) in [5.41, 5.74) is 2.44. The summed E-state index contributed by atoms with van der Waals surface area (Å²) in [7, 11) is 0. The maximum Gasteiger partial charge on any atom is 0.338 e. The van der Waals surface area contributed by atoms with Gasteiger partial charge in [-0.2, -0.15) is 0 Å². The summed E-state index contributed by atoms with van der Waals surface area (Å²) in [6.07, 6.45) is 0. The Bertz CT molecular complexity index is 1140. The average molecular weight is 449 g/mol. The van der Waals surface area contributed by atoms with Crippen molar-refractivity contribution in [2.24, 2.45) is 0 Å². The second kappa shape index (κ2) is 10.9. The number of nitro groups is 1. The summed E-state index contributed by atoms with van der Waals surface area (Å²) in [5.74, 6) is -0.297. The maximum atomic E-state index is 12.4. The van der Waals surface area contributed by atoms with E-state index >= 15 is 0 Å². The number of ketones is 1. The third-order valence-electron chi connectivity index (χ3n) is 4.73. The lowest BCUT2D eigenvalue weighted by molar-refractivity contribution is -0.384. The van der Waals surface area contributed by atoms with Crippen molar-refractivity contribution >= 4 is 17.4 Å². The summed E-state index contributed by atoms with van der Waals surface area (Å²) in [6.45, 7) is 4.05. The van der Waals surface area contributed by atoms with Gasteiger partial charge in [0.25, 0.3) is 5.69 Å². The molecule has 0 saturated heterocycles. The molecule has 0 radical (unpaired) electrons. The van der Waals surface area contributed by atoms with E-state index in [2.05, 4.69) is 0 Å². The quantitative estimate of drug-likeness (QED) is 0.187. The number of carbonyl (C=O) groups is 2. The van der Waals surface area contributed by atoms with E-state index < -0.39 is 23.3 Å². The fraction of sp³-hybridized carbons (Fsp3) is 0.200. The SMILES string of the molecule is CCOc1cc(C(=O)OCC(=O)c2ccc([N+](=O)[O-])cc2)ccc1OCc1ccc(C)cc1. The van der Waals surface area contributed by atoms with E-state index in [4.69, 9.17) is 14.2 Å². The van der Waals surface area contributed by atoms with Crippen LogP contribution in [-0.4, -0.2) is 29.9 Å². The van der Waals surface area contributed by atoms with Gasteiger partial charge < -0.3 is 14.2 Å². The second-order valence-electron chi connectivity index (χ2n) is 7.17. The minimum absolute atomic E-state index is 0.128. The second-order valence-corrected chi connectivity index (χ2v) is 7.17. The molecule has 3 aromatic rings. The van der Waals surface area contributed by atoms with Crippen molar-refractivity contribution in [3.05, 3.63) is 99.1 Å². The number of Topliss-reactive ketones (excluding diaryl/α,β-unsaturated/α-hetero) is 1. The monoisotopic (exact) mass is 449 g/mol. The van der Waals surface area contributed by atoms with Crippen molar-refractivity contribution in [3.63, 3.8) is 0 Å². The highest BCUT2D eigenvalue weighted by Gasteiger charge is 2.16. The number of aryl methyl sites for hydroxylation is 1. The topological polar surface area (TPSA) is 105 Å². The van der Waals surface area contributed by atoms with Gasteiger partial charge in [-0.1, -0.05) is 29.8 Å². The number of esters is 1. The molecule has 0 saturated carbocycles. The molecule has 0 unspecified atom stereocenters. The summed E-state index contributed by atoms with van der Waals surface area (Å²) in [4.78, 5) is 34.8. The number of rotatable bonds is 10. The van der Waals surface area contributed by atoms with Crippen molar-refractivity contribution < 1.29 is 28.7 Å². The van der Waals surface area contributed by atoms with E-state index in [1.807, 2.05) is 38.1 Å². The van der Waals surface area contributed by atoms with Gasteiger partial charge >= 0.3 is 5.97 Å². The first-order chi connectivity index (χ1) is 15.9. The Morgan fingerprint density at radius 2 is 1.55 bits per heavy atom. The van der Waals surface area contributed by atoms with E-state index in [0.717, 1.165) is 11.1 Å². The molecule has 3 aromatic carbocycles. The fourth-order valence-corrected chi connectivity index (χ4v) is 2.93. The standard InChI is InChI=1S/C25H23NO7/c1-3-31-24-14-20(10-13-23(24)32-15-18-6-4-17(2)5-7-18)25(28)33-16-22(27)19-8-11-21(12-9-19)26(29)30/h4-14H,3,15-16H2,1-2H3. The Labute approximate surface area is 190 Å². The lowest BCUT2D eigenvalue weighted by atomic mass is 10.1. The van der Waals surface area contributed by atoms with Gasteiger partial charge in [-0.15, -0.1) is 0 Å². The van der Waals surface area contributed by atoms with E-state index in [1.54, 1.807) is 6.07 Å². The zero-order valence-corrected chi connectivity index (χ0v) is 18.3. The first-order valence-electron chi connectivity index (χ1n) is 10.3. The zero-order chi connectivity index (χ0) is 23.8. The van der Waals surface area contributed by atoms with Gasteiger partial charge in [0, 0.05) is 17.7 Å².